The minimum absolute atomic E-state index is 0.331. The average molecular weight is 267 g/mol. The fraction of sp³-hybridized carbons (Fsp3) is 0.714. The van der Waals surface area contributed by atoms with E-state index in [0.717, 1.165) is 18.4 Å². The zero-order chi connectivity index (χ0) is 14.3. The molecular formula is C14H21NO4. The number of carbonyl (C=O) groups excluding carboxylic acids is 1. The van der Waals surface area contributed by atoms with Crippen LogP contribution in [0.25, 0.3) is 0 Å². The van der Waals surface area contributed by atoms with Gasteiger partial charge in [-0.05, 0) is 40.0 Å². The van der Waals surface area contributed by atoms with Crippen LogP contribution in [0.3, 0.4) is 0 Å². The summed E-state index contributed by atoms with van der Waals surface area (Å²) in [4.78, 5) is 24.7. The number of carbonyl (C=O) groups is 2. The summed E-state index contributed by atoms with van der Waals surface area (Å²) in [6, 6.07) is 0. The van der Waals surface area contributed by atoms with Crippen LogP contribution in [0.2, 0.25) is 0 Å². The highest BCUT2D eigenvalue weighted by Gasteiger charge is 2.53. The van der Waals surface area contributed by atoms with Crippen LogP contribution in [0, 0.1) is 5.41 Å². The predicted molar refractivity (Wildman–Crippen MR) is 69.8 cm³/mol. The normalized spacial score (nSPS) is 21.6. The summed E-state index contributed by atoms with van der Waals surface area (Å²) < 4.78 is 5.30. The molecule has 1 aliphatic heterocycles. The van der Waals surface area contributed by atoms with Gasteiger partial charge in [0, 0.05) is 13.1 Å². The molecule has 0 bridgehead atoms. The van der Waals surface area contributed by atoms with E-state index >= 15 is 0 Å². The Labute approximate surface area is 113 Å². The third kappa shape index (κ3) is 2.91. The van der Waals surface area contributed by atoms with Gasteiger partial charge in [0.2, 0.25) is 0 Å². The molecule has 2 aliphatic rings. The van der Waals surface area contributed by atoms with Gasteiger partial charge in [0.25, 0.3) is 0 Å². The van der Waals surface area contributed by atoms with Gasteiger partial charge in [-0.2, -0.15) is 0 Å². The number of rotatable bonds is 2. The molecular weight excluding hydrogens is 246 g/mol. The Bertz CT molecular complexity index is 429. The van der Waals surface area contributed by atoms with Gasteiger partial charge < -0.3 is 14.7 Å². The molecule has 0 spiro atoms. The fourth-order valence-corrected chi connectivity index (χ4v) is 2.39. The van der Waals surface area contributed by atoms with E-state index in [1.165, 1.54) is 0 Å². The lowest BCUT2D eigenvalue weighted by Crippen LogP contribution is -2.40. The Morgan fingerprint density at radius 1 is 1.37 bits per heavy atom. The van der Waals surface area contributed by atoms with Crippen LogP contribution in [0.5, 0.6) is 0 Å². The highest BCUT2D eigenvalue weighted by molar-refractivity contribution is 5.82. The monoisotopic (exact) mass is 267 g/mol. The molecule has 5 nitrogen and oxygen atoms in total. The lowest BCUT2D eigenvalue weighted by Gasteiger charge is -2.30. The topological polar surface area (TPSA) is 66.8 Å². The zero-order valence-corrected chi connectivity index (χ0v) is 11.7. The molecule has 106 valence electrons. The Kier molecular flexibility index (Phi) is 3.32. The molecule has 2 rings (SSSR count). The first-order chi connectivity index (χ1) is 8.74. The number of ether oxygens (including phenoxy) is 1. The van der Waals surface area contributed by atoms with E-state index < -0.39 is 17.0 Å². The van der Waals surface area contributed by atoms with Crippen molar-refractivity contribution in [2.24, 2.45) is 5.41 Å². The van der Waals surface area contributed by atoms with Crippen molar-refractivity contribution in [2.45, 2.75) is 45.6 Å². The molecule has 0 radical (unpaired) electrons. The van der Waals surface area contributed by atoms with Crippen molar-refractivity contribution in [3.05, 3.63) is 11.6 Å². The van der Waals surface area contributed by atoms with Crippen molar-refractivity contribution in [3.8, 4) is 0 Å². The highest BCUT2D eigenvalue weighted by Crippen LogP contribution is 2.53. The van der Waals surface area contributed by atoms with Gasteiger partial charge in [-0.1, -0.05) is 11.6 Å². The van der Waals surface area contributed by atoms with Gasteiger partial charge >= 0.3 is 12.1 Å². The lowest BCUT2D eigenvalue weighted by molar-refractivity contribution is -0.141. The van der Waals surface area contributed by atoms with Gasteiger partial charge in [-0.3, -0.25) is 4.79 Å². The van der Waals surface area contributed by atoms with Crippen molar-refractivity contribution in [1.29, 1.82) is 0 Å². The number of aliphatic carboxylic acids is 1. The lowest BCUT2D eigenvalue weighted by atomic mass is 9.91. The van der Waals surface area contributed by atoms with Crippen molar-refractivity contribution in [2.75, 3.05) is 13.1 Å². The Hall–Kier alpha value is -1.52. The van der Waals surface area contributed by atoms with Crippen LogP contribution in [-0.4, -0.2) is 40.8 Å². The second-order valence-corrected chi connectivity index (χ2v) is 6.29. The smallest absolute Gasteiger partial charge is 0.410 e. The third-order valence-electron chi connectivity index (χ3n) is 3.63. The molecule has 0 atom stereocenters. The van der Waals surface area contributed by atoms with Crippen molar-refractivity contribution in [1.82, 2.24) is 4.90 Å². The molecule has 1 amide bonds. The number of hydrogen-bond donors (Lipinski definition) is 1. The Morgan fingerprint density at radius 3 is 2.37 bits per heavy atom. The largest absolute Gasteiger partial charge is 0.481 e. The summed E-state index contributed by atoms with van der Waals surface area (Å²) in [6.07, 6.45) is 3.63. The molecule has 0 unspecified atom stereocenters. The minimum Gasteiger partial charge on any atom is -0.481 e. The summed E-state index contributed by atoms with van der Waals surface area (Å²) in [5.41, 5.74) is -0.153. The Balaban J connectivity index is 1.97. The van der Waals surface area contributed by atoms with E-state index in [1.807, 2.05) is 26.8 Å². The maximum Gasteiger partial charge on any atom is 0.410 e. The molecule has 1 fully saturated rings. The quantitative estimate of drug-likeness (QED) is 0.780. The predicted octanol–water partition coefficient (Wildman–Crippen LogP) is 2.42. The first-order valence-electron chi connectivity index (χ1n) is 6.65. The van der Waals surface area contributed by atoms with Gasteiger partial charge in [-0.25, -0.2) is 4.79 Å². The molecule has 1 saturated carbocycles. The van der Waals surface area contributed by atoms with Gasteiger partial charge in [0.05, 0.1) is 5.41 Å². The second-order valence-electron chi connectivity index (χ2n) is 6.29. The molecule has 0 aromatic carbocycles. The summed E-state index contributed by atoms with van der Waals surface area (Å²) in [5, 5.41) is 9.24. The summed E-state index contributed by atoms with van der Waals surface area (Å²) >= 11 is 0. The molecule has 1 heterocycles. The molecule has 19 heavy (non-hydrogen) atoms. The number of carboxylic acids is 1. The Morgan fingerprint density at radius 2 is 2.00 bits per heavy atom. The van der Waals surface area contributed by atoms with E-state index in [4.69, 9.17) is 4.74 Å². The van der Waals surface area contributed by atoms with Crippen molar-refractivity contribution < 1.29 is 19.4 Å². The van der Waals surface area contributed by atoms with Crippen LogP contribution in [0.1, 0.15) is 40.0 Å². The number of hydrogen-bond acceptors (Lipinski definition) is 3. The fourth-order valence-electron chi connectivity index (χ4n) is 2.39. The van der Waals surface area contributed by atoms with Crippen molar-refractivity contribution >= 4 is 12.1 Å². The number of nitrogens with zero attached hydrogens (tertiary/aromatic N) is 1. The summed E-state index contributed by atoms with van der Waals surface area (Å²) in [5.74, 6) is -0.732. The van der Waals surface area contributed by atoms with Crippen LogP contribution in [0.15, 0.2) is 11.6 Å². The maximum atomic E-state index is 11.9. The van der Waals surface area contributed by atoms with Gasteiger partial charge in [0.15, 0.2) is 0 Å². The standard InChI is InChI=1S/C14H21NO4/c1-13(2,3)19-12(18)15-8-4-10(5-9-15)14(6-7-14)11(16)17/h4H,5-9H2,1-3H3,(H,16,17). The first-order valence-corrected chi connectivity index (χ1v) is 6.65. The van der Waals surface area contributed by atoms with E-state index in [-0.39, 0.29) is 6.09 Å². The average Bonchev–Trinajstić information content (AvgIpc) is 3.08. The third-order valence-corrected chi connectivity index (χ3v) is 3.63. The molecule has 1 aliphatic carbocycles. The molecule has 1 N–H and O–H groups in total. The first kappa shape index (κ1) is 13.9. The maximum absolute atomic E-state index is 11.9. The minimum atomic E-state index is -0.732. The highest BCUT2D eigenvalue weighted by atomic mass is 16.6. The van der Waals surface area contributed by atoms with E-state index in [0.29, 0.717) is 19.5 Å². The van der Waals surface area contributed by atoms with E-state index in [2.05, 4.69) is 0 Å². The van der Waals surface area contributed by atoms with E-state index in [1.54, 1.807) is 4.90 Å². The molecule has 5 heteroatoms. The SMILES string of the molecule is CC(C)(C)OC(=O)N1CC=C(C2(C(=O)O)CC2)CC1. The second kappa shape index (κ2) is 4.54. The molecule has 0 aromatic heterocycles. The van der Waals surface area contributed by atoms with Crippen LogP contribution in [-0.2, 0) is 9.53 Å². The summed E-state index contributed by atoms with van der Waals surface area (Å²) in [7, 11) is 0. The van der Waals surface area contributed by atoms with Gasteiger partial charge in [-0.15, -0.1) is 0 Å². The molecule has 0 aromatic rings. The van der Waals surface area contributed by atoms with Crippen molar-refractivity contribution in [3.63, 3.8) is 0 Å². The van der Waals surface area contributed by atoms with Gasteiger partial charge in [0.1, 0.15) is 5.60 Å². The zero-order valence-electron chi connectivity index (χ0n) is 11.7. The van der Waals surface area contributed by atoms with Crippen LogP contribution < -0.4 is 0 Å². The number of carboxylic acid groups (broad SMARTS) is 1. The van der Waals surface area contributed by atoms with Crippen LogP contribution >= 0.6 is 0 Å². The molecule has 0 saturated heterocycles. The van der Waals surface area contributed by atoms with E-state index in [9.17, 15) is 14.7 Å². The summed E-state index contributed by atoms with van der Waals surface area (Å²) in [6.45, 7) is 6.48. The number of amides is 1. The van der Waals surface area contributed by atoms with Crippen LogP contribution in [0.4, 0.5) is 4.79 Å².